The van der Waals surface area contributed by atoms with Crippen LogP contribution in [0.3, 0.4) is 0 Å². The lowest BCUT2D eigenvalue weighted by atomic mass is 9.96. The number of nitrogens with zero attached hydrogens (tertiary/aromatic N) is 2. The Hall–Kier alpha value is -1.27. The van der Waals surface area contributed by atoms with Crippen LogP contribution in [0.5, 0.6) is 0 Å². The van der Waals surface area contributed by atoms with Crippen molar-refractivity contribution in [3.05, 3.63) is 11.9 Å². The Labute approximate surface area is 108 Å². The minimum absolute atomic E-state index is 0.204. The van der Waals surface area contributed by atoms with Crippen molar-refractivity contribution in [3.8, 4) is 0 Å². The van der Waals surface area contributed by atoms with Gasteiger partial charge in [0.25, 0.3) is 0 Å². The molecule has 18 heavy (non-hydrogen) atoms. The van der Waals surface area contributed by atoms with Gasteiger partial charge in [0.15, 0.2) is 5.96 Å². The number of aliphatic imine (C=N–C) groups is 1. The Bertz CT molecular complexity index is 375. The molecule has 2 aliphatic heterocycles. The minimum Gasteiger partial charge on any atom is -0.370 e. The summed E-state index contributed by atoms with van der Waals surface area (Å²) in [5, 5.41) is 6.42. The van der Waals surface area contributed by atoms with Gasteiger partial charge in [0.1, 0.15) is 11.5 Å². The molecule has 2 aliphatic rings. The van der Waals surface area contributed by atoms with Crippen LogP contribution in [0, 0.1) is 5.92 Å². The molecule has 2 heterocycles. The molecule has 102 valence electrons. The van der Waals surface area contributed by atoms with E-state index >= 15 is 0 Å². The lowest BCUT2D eigenvalue weighted by Crippen LogP contribution is -2.52. The maximum absolute atomic E-state index is 6.29. The molecule has 2 atom stereocenters. The fourth-order valence-corrected chi connectivity index (χ4v) is 2.34. The van der Waals surface area contributed by atoms with E-state index in [2.05, 4.69) is 34.4 Å². The largest absolute Gasteiger partial charge is 0.370 e. The lowest BCUT2D eigenvalue weighted by molar-refractivity contribution is 0.346. The van der Waals surface area contributed by atoms with Crippen LogP contribution >= 0.6 is 0 Å². The summed E-state index contributed by atoms with van der Waals surface area (Å²) < 4.78 is 0. The first-order valence-corrected chi connectivity index (χ1v) is 6.51. The summed E-state index contributed by atoms with van der Waals surface area (Å²) in [6.45, 7) is 6.08. The monoisotopic (exact) mass is 252 g/mol. The summed E-state index contributed by atoms with van der Waals surface area (Å²) in [7, 11) is 1.99. The zero-order valence-electron chi connectivity index (χ0n) is 11.4. The zero-order chi connectivity index (χ0) is 13.3. The molecule has 6 nitrogen and oxygen atoms in total. The normalized spacial score (nSPS) is 32.3. The Morgan fingerprint density at radius 3 is 2.89 bits per heavy atom. The highest BCUT2D eigenvalue weighted by molar-refractivity contribution is 5.81. The van der Waals surface area contributed by atoms with E-state index in [-0.39, 0.29) is 5.92 Å². The van der Waals surface area contributed by atoms with Crippen molar-refractivity contribution in [1.29, 1.82) is 0 Å². The van der Waals surface area contributed by atoms with Crippen LogP contribution in [0.4, 0.5) is 0 Å². The minimum atomic E-state index is -0.706. The van der Waals surface area contributed by atoms with Gasteiger partial charge in [-0.05, 0) is 25.5 Å². The van der Waals surface area contributed by atoms with Crippen LogP contribution in [0.2, 0.25) is 0 Å². The molecule has 0 radical (unpaired) electrons. The number of nitrogens with two attached hydrogens (primary N) is 2. The van der Waals surface area contributed by atoms with Gasteiger partial charge in [0.05, 0.1) is 0 Å². The third kappa shape index (κ3) is 2.44. The standard InChI is InChI=1S/C12H24N6/c1-8(2)12(14)6-10(16-11(13)17-12)18-5-4-9(7-18)15-3/h6,8-9,15H,4-5,7,14H2,1-3H3,(H3,13,16,17)/t9-,12?/m1/s1. The van der Waals surface area contributed by atoms with Crippen molar-refractivity contribution in [2.24, 2.45) is 22.4 Å². The van der Waals surface area contributed by atoms with E-state index in [9.17, 15) is 0 Å². The third-order valence-corrected chi connectivity index (χ3v) is 3.80. The maximum Gasteiger partial charge on any atom is 0.196 e. The molecule has 2 rings (SSSR count). The number of likely N-dealkylation sites (tertiary alicyclic amines) is 1. The van der Waals surface area contributed by atoms with E-state index in [1.807, 2.05) is 13.1 Å². The first kappa shape index (κ1) is 13.2. The molecule has 0 aliphatic carbocycles. The van der Waals surface area contributed by atoms with Gasteiger partial charge in [-0.2, -0.15) is 0 Å². The molecule has 1 unspecified atom stereocenters. The molecule has 6 N–H and O–H groups in total. The summed E-state index contributed by atoms with van der Waals surface area (Å²) >= 11 is 0. The van der Waals surface area contributed by atoms with Gasteiger partial charge >= 0.3 is 0 Å². The quantitative estimate of drug-likeness (QED) is 0.536. The molecule has 0 aromatic rings. The Kier molecular flexibility index (Phi) is 3.49. The molecular weight excluding hydrogens is 228 g/mol. The molecule has 0 aromatic carbocycles. The van der Waals surface area contributed by atoms with Crippen LogP contribution in [0.1, 0.15) is 20.3 Å². The maximum atomic E-state index is 6.29. The predicted octanol–water partition coefficient (Wildman–Crippen LogP) is -0.650. The van der Waals surface area contributed by atoms with E-state index in [0.717, 1.165) is 25.3 Å². The molecule has 6 heteroatoms. The lowest BCUT2D eigenvalue weighted by Gasteiger charge is -2.34. The van der Waals surface area contributed by atoms with Gasteiger partial charge in [-0.15, -0.1) is 0 Å². The molecule has 1 fully saturated rings. The summed E-state index contributed by atoms with van der Waals surface area (Å²) in [4.78, 5) is 6.59. The van der Waals surface area contributed by atoms with Gasteiger partial charge in [0, 0.05) is 19.1 Å². The number of nitrogens with one attached hydrogen (secondary N) is 2. The average molecular weight is 252 g/mol. The smallest absolute Gasteiger partial charge is 0.196 e. The second-order valence-corrected chi connectivity index (χ2v) is 5.41. The number of hydrogen-bond donors (Lipinski definition) is 4. The molecule has 0 bridgehead atoms. The van der Waals surface area contributed by atoms with E-state index in [0.29, 0.717) is 12.0 Å². The number of guanidine groups is 1. The van der Waals surface area contributed by atoms with Crippen molar-refractivity contribution in [3.63, 3.8) is 0 Å². The first-order valence-electron chi connectivity index (χ1n) is 6.51. The van der Waals surface area contributed by atoms with Crippen LogP contribution in [-0.2, 0) is 0 Å². The molecule has 0 aromatic heterocycles. The van der Waals surface area contributed by atoms with Crippen LogP contribution in [0.25, 0.3) is 0 Å². The fraction of sp³-hybridized carbons (Fsp3) is 0.750. The summed E-state index contributed by atoms with van der Waals surface area (Å²) in [6.07, 6.45) is 3.12. The van der Waals surface area contributed by atoms with Gasteiger partial charge in [-0.1, -0.05) is 13.8 Å². The summed E-state index contributed by atoms with van der Waals surface area (Å²) in [5.41, 5.74) is 11.4. The topological polar surface area (TPSA) is 91.7 Å². The molecule has 1 saturated heterocycles. The van der Waals surface area contributed by atoms with Gasteiger partial charge in [-0.3, -0.25) is 0 Å². The summed E-state index contributed by atoms with van der Waals surface area (Å²) in [5.74, 6) is 1.59. The second-order valence-electron chi connectivity index (χ2n) is 5.41. The fourth-order valence-electron chi connectivity index (χ4n) is 2.34. The van der Waals surface area contributed by atoms with E-state index in [1.54, 1.807) is 0 Å². The van der Waals surface area contributed by atoms with Crippen molar-refractivity contribution >= 4 is 5.96 Å². The van der Waals surface area contributed by atoms with Gasteiger partial charge in [-0.25, -0.2) is 4.99 Å². The molecule has 0 saturated carbocycles. The average Bonchev–Trinajstić information content (AvgIpc) is 2.76. The van der Waals surface area contributed by atoms with Crippen molar-refractivity contribution in [1.82, 2.24) is 15.5 Å². The molecular formula is C12H24N6. The highest BCUT2D eigenvalue weighted by Crippen LogP contribution is 2.24. The van der Waals surface area contributed by atoms with E-state index in [4.69, 9.17) is 11.5 Å². The third-order valence-electron chi connectivity index (χ3n) is 3.80. The van der Waals surface area contributed by atoms with Gasteiger partial charge in [0.2, 0.25) is 0 Å². The Morgan fingerprint density at radius 1 is 1.61 bits per heavy atom. The second kappa shape index (κ2) is 4.78. The van der Waals surface area contributed by atoms with Crippen molar-refractivity contribution in [2.75, 3.05) is 20.1 Å². The zero-order valence-corrected chi connectivity index (χ0v) is 11.4. The van der Waals surface area contributed by atoms with Crippen LogP contribution in [0.15, 0.2) is 16.9 Å². The Morgan fingerprint density at radius 2 is 2.33 bits per heavy atom. The Balaban J connectivity index is 2.17. The molecule has 0 amide bonds. The number of rotatable bonds is 3. The number of likely N-dealkylation sites (N-methyl/N-ethyl adjacent to an activating group) is 1. The van der Waals surface area contributed by atoms with Crippen LogP contribution < -0.4 is 22.1 Å². The van der Waals surface area contributed by atoms with Crippen molar-refractivity contribution < 1.29 is 0 Å². The van der Waals surface area contributed by atoms with Crippen LogP contribution in [-0.4, -0.2) is 42.7 Å². The van der Waals surface area contributed by atoms with E-state index in [1.165, 1.54) is 0 Å². The van der Waals surface area contributed by atoms with E-state index < -0.39 is 5.66 Å². The van der Waals surface area contributed by atoms with Gasteiger partial charge < -0.3 is 27.0 Å². The first-order chi connectivity index (χ1) is 8.44. The SMILES string of the molecule is CN[C@@H]1CCN(C2=CC(N)(C(C)C)N=C(N)N2)C1. The van der Waals surface area contributed by atoms with Crippen molar-refractivity contribution in [2.45, 2.75) is 32.0 Å². The molecule has 0 spiro atoms. The highest BCUT2D eigenvalue weighted by Gasteiger charge is 2.33. The summed E-state index contributed by atoms with van der Waals surface area (Å²) in [6, 6.07) is 0.527. The predicted molar refractivity (Wildman–Crippen MR) is 73.6 cm³/mol. The number of hydrogen-bond acceptors (Lipinski definition) is 6. The highest BCUT2D eigenvalue weighted by atomic mass is 15.3.